The van der Waals surface area contributed by atoms with Crippen molar-refractivity contribution in [3.05, 3.63) is 77.7 Å². The first-order valence-corrected chi connectivity index (χ1v) is 10.9. The Kier molecular flexibility index (Phi) is 5.76. The third-order valence-electron chi connectivity index (χ3n) is 5.33. The Bertz CT molecular complexity index is 1470. The first kappa shape index (κ1) is 22.0. The molecule has 0 bridgehead atoms. The number of carbonyl (C=O) groups excluding carboxylic acids is 2. The van der Waals surface area contributed by atoms with Gasteiger partial charge in [0.25, 0.3) is 5.91 Å². The SMILES string of the molecule is CCOC(=O)c1ccc(-c2ccc(/C=C3\NC(N=Nc4c(O)[nH]c5ccccc45)NC3=O)o2)cc1. The summed E-state index contributed by atoms with van der Waals surface area (Å²) in [4.78, 5) is 27.0. The molecule has 10 heteroatoms. The monoisotopic (exact) mass is 471 g/mol. The molecule has 1 fully saturated rings. The summed E-state index contributed by atoms with van der Waals surface area (Å²) in [5.74, 6) is 0.187. The van der Waals surface area contributed by atoms with Gasteiger partial charge in [0.1, 0.15) is 17.2 Å². The molecular formula is C25H21N5O5. The second-order valence-corrected chi connectivity index (χ2v) is 7.66. The molecule has 2 aromatic carbocycles. The van der Waals surface area contributed by atoms with Gasteiger partial charge in [0.15, 0.2) is 5.69 Å². The van der Waals surface area contributed by atoms with Crippen LogP contribution >= 0.6 is 0 Å². The Morgan fingerprint density at radius 3 is 2.71 bits per heavy atom. The van der Waals surface area contributed by atoms with Gasteiger partial charge in [-0.2, -0.15) is 0 Å². The molecule has 35 heavy (non-hydrogen) atoms. The minimum Gasteiger partial charge on any atom is -0.493 e. The molecule has 0 aliphatic carbocycles. The van der Waals surface area contributed by atoms with Gasteiger partial charge in [0, 0.05) is 17.0 Å². The Labute approximate surface area is 199 Å². The van der Waals surface area contributed by atoms with Crippen molar-refractivity contribution in [2.45, 2.75) is 13.2 Å². The van der Waals surface area contributed by atoms with E-state index in [0.29, 0.717) is 34.8 Å². The molecule has 2 aromatic heterocycles. The van der Waals surface area contributed by atoms with Crippen LogP contribution in [-0.4, -0.2) is 34.9 Å². The number of amides is 1. The fourth-order valence-electron chi connectivity index (χ4n) is 3.66. The van der Waals surface area contributed by atoms with Crippen molar-refractivity contribution in [2.24, 2.45) is 10.2 Å². The Morgan fingerprint density at radius 2 is 1.91 bits per heavy atom. The lowest BCUT2D eigenvalue weighted by atomic mass is 10.1. The average molecular weight is 471 g/mol. The smallest absolute Gasteiger partial charge is 0.338 e. The number of para-hydroxylation sites is 1. The van der Waals surface area contributed by atoms with Crippen LogP contribution in [0.15, 0.2) is 81.0 Å². The zero-order chi connectivity index (χ0) is 24.4. The normalized spacial score (nSPS) is 16.7. The lowest BCUT2D eigenvalue weighted by Gasteiger charge is -2.02. The standard InChI is InChI=1S/C25H21N5O5/c1-2-34-24(33)15-9-7-14(8-10-15)20-12-11-16(35-20)13-19-22(31)28-25(27-19)30-29-21-17-5-3-4-6-18(17)26-23(21)32/h3-13,25-27,32H,2H2,1H3,(H,28,31)/b19-13-,30-29?. The van der Waals surface area contributed by atoms with Gasteiger partial charge in [-0.3, -0.25) is 4.79 Å². The van der Waals surface area contributed by atoms with Crippen molar-refractivity contribution in [1.29, 1.82) is 0 Å². The predicted molar refractivity (Wildman–Crippen MR) is 128 cm³/mol. The van der Waals surface area contributed by atoms with Gasteiger partial charge >= 0.3 is 5.97 Å². The van der Waals surface area contributed by atoms with Gasteiger partial charge in [-0.15, -0.1) is 10.2 Å². The van der Waals surface area contributed by atoms with E-state index in [9.17, 15) is 14.7 Å². The van der Waals surface area contributed by atoms with Crippen molar-refractivity contribution in [3.63, 3.8) is 0 Å². The number of benzene rings is 2. The van der Waals surface area contributed by atoms with E-state index in [2.05, 4.69) is 25.8 Å². The summed E-state index contributed by atoms with van der Waals surface area (Å²) in [7, 11) is 0. The highest BCUT2D eigenvalue weighted by molar-refractivity contribution is 5.99. The first-order chi connectivity index (χ1) is 17.0. The highest BCUT2D eigenvalue weighted by atomic mass is 16.5. The largest absolute Gasteiger partial charge is 0.493 e. The van der Waals surface area contributed by atoms with E-state index in [1.165, 1.54) is 0 Å². The number of fused-ring (bicyclic) bond motifs is 1. The fraction of sp³-hybridized carbons (Fsp3) is 0.120. The van der Waals surface area contributed by atoms with E-state index in [0.717, 1.165) is 11.1 Å². The number of hydrogen-bond acceptors (Lipinski definition) is 8. The molecular weight excluding hydrogens is 450 g/mol. The van der Waals surface area contributed by atoms with Crippen LogP contribution in [0, 0.1) is 0 Å². The summed E-state index contributed by atoms with van der Waals surface area (Å²) in [6.07, 6.45) is 0.761. The van der Waals surface area contributed by atoms with Gasteiger partial charge < -0.3 is 29.9 Å². The number of azo groups is 1. The number of furan rings is 1. The molecule has 1 aliphatic heterocycles. The van der Waals surface area contributed by atoms with Gasteiger partial charge in [0.2, 0.25) is 12.2 Å². The molecule has 0 spiro atoms. The second-order valence-electron chi connectivity index (χ2n) is 7.66. The van der Waals surface area contributed by atoms with Crippen LogP contribution < -0.4 is 10.6 Å². The van der Waals surface area contributed by atoms with Crippen molar-refractivity contribution < 1.29 is 23.8 Å². The van der Waals surface area contributed by atoms with Crippen LogP contribution in [0.5, 0.6) is 5.88 Å². The van der Waals surface area contributed by atoms with Crippen LogP contribution in [-0.2, 0) is 9.53 Å². The number of aromatic amines is 1. The number of aromatic hydroxyl groups is 1. The van der Waals surface area contributed by atoms with Gasteiger partial charge in [-0.05, 0) is 37.3 Å². The van der Waals surface area contributed by atoms with E-state index in [1.54, 1.807) is 49.4 Å². The maximum atomic E-state index is 12.4. The quantitative estimate of drug-likeness (QED) is 0.186. The molecule has 3 heterocycles. The molecule has 1 amide bonds. The third-order valence-corrected chi connectivity index (χ3v) is 5.33. The highest BCUT2D eigenvalue weighted by Gasteiger charge is 2.26. The van der Waals surface area contributed by atoms with Gasteiger partial charge in [-0.1, -0.05) is 30.3 Å². The summed E-state index contributed by atoms with van der Waals surface area (Å²) in [5.41, 5.74) is 2.51. The molecule has 4 aromatic rings. The minimum absolute atomic E-state index is 0.103. The molecule has 10 nitrogen and oxygen atoms in total. The van der Waals surface area contributed by atoms with Gasteiger partial charge in [0.05, 0.1) is 17.7 Å². The Hall–Kier alpha value is -4.86. The number of nitrogens with one attached hydrogen (secondary N) is 3. The molecule has 1 unspecified atom stereocenters. The number of carbonyl (C=O) groups is 2. The number of nitrogens with zero attached hydrogens (tertiary/aromatic N) is 2. The number of esters is 1. The number of H-pyrrole nitrogens is 1. The molecule has 0 saturated carbocycles. The predicted octanol–water partition coefficient (Wildman–Crippen LogP) is 4.44. The fourth-order valence-corrected chi connectivity index (χ4v) is 3.66. The second kappa shape index (κ2) is 9.18. The number of aromatic nitrogens is 1. The van der Waals surface area contributed by atoms with Crippen LogP contribution in [0.4, 0.5) is 5.69 Å². The average Bonchev–Trinajstić information content (AvgIpc) is 3.55. The highest BCUT2D eigenvalue weighted by Crippen LogP contribution is 2.35. The van der Waals surface area contributed by atoms with Crippen LogP contribution in [0.2, 0.25) is 0 Å². The molecule has 1 aliphatic rings. The lowest BCUT2D eigenvalue weighted by molar-refractivity contribution is -0.116. The van der Waals surface area contributed by atoms with E-state index in [4.69, 9.17) is 9.15 Å². The maximum absolute atomic E-state index is 12.4. The van der Waals surface area contributed by atoms with E-state index in [1.807, 2.05) is 24.3 Å². The molecule has 1 saturated heterocycles. The van der Waals surface area contributed by atoms with Crippen LogP contribution in [0.3, 0.4) is 0 Å². The van der Waals surface area contributed by atoms with Crippen molar-refractivity contribution >= 4 is 34.5 Å². The summed E-state index contributed by atoms with van der Waals surface area (Å²) >= 11 is 0. The van der Waals surface area contributed by atoms with Crippen molar-refractivity contribution in [1.82, 2.24) is 15.6 Å². The van der Waals surface area contributed by atoms with E-state index < -0.39 is 6.29 Å². The van der Waals surface area contributed by atoms with Crippen LogP contribution in [0.25, 0.3) is 28.3 Å². The Balaban J connectivity index is 1.29. The molecule has 1 atom stereocenters. The topological polar surface area (TPSA) is 141 Å². The van der Waals surface area contributed by atoms with Crippen molar-refractivity contribution in [3.8, 4) is 17.2 Å². The molecule has 4 N–H and O–H groups in total. The third kappa shape index (κ3) is 4.49. The lowest BCUT2D eigenvalue weighted by Crippen LogP contribution is -2.29. The van der Waals surface area contributed by atoms with E-state index in [-0.39, 0.29) is 23.5 Å². The van der Waals surface area contributed by atoms with Crippen LogP contribution in [0.1, 0.15) is 23.0 Å². The zero-order valence-corrected chi connectivity index (χ0v) is 18.6. The number of ether oxygens (including phenoxy) is 1. The minimum atomic E-state index is -0.799. The maximum Gasteiger partial charge on any atom is 0.338 e. The van der Waals surface area contributed by atoms with Crippen molar-refractivity contribution in [2.75, 3.05) is 6.61 Å². The molecule has 176 valence electrons. The van der Waals surface area contributed by atoms with Gasteiger partial charge in [-0.25, -0.2) is 4.79 Å². The summed E-state index contributed by atoms with van der Waals surface area (Å²) in [5, 5.41) is 24.6. The molecule has 0 radical (unpaired) electrons. The molecule has 5 rings (SSSR count). The first-order valence-electron chi connectivity index (χ1n) is 10.9. The Morgan fingerprint density at radius 1 is 1.11 bits per heavy atom. The zero-order valence-electron chi connectivity index (χ0n) is 18.6. The summed E-state index contributed by atoms with van der Waals surface area (Å²) < 4.78 is 10.8. The van der Waals surface area contributed by atoms with E-state index >= 15 is 0 Å². The summed E-state index contributed by atoms with van der Waals surface area (Å²) in [6, 6.07) is 17.7. The number of rotatable bonds is 6. The number of hydrogen-bond donors (Lipinski definition) is 4. The summed E-state index contributed by atoms with van der Waals surface area (Å²) in [6.45, 7) is 2.07.